The number of hydrogen-bond donors (Lipinski definition) is 2. The maximum absolute atomic E-state index is 13.7. The predicted octanol–water partition coefficient (Wildman–Crippen LogP) is 3.19. The summed E-state index contributed by atoms with van der Waals surface area (Å²) >= 11 is 1.34. The molecule has 37 heavy (non-hydrogen) atoms. The standard InChI is InChI=1S/C25H24N4O6S2/c1-16(30)26-18-5-9-20(10-6-18)29-24(32)14-23(25(29)33)28(15-21-4-3-13-36-21)37(34,35)22-11-7-19(8-12-22)27-17(2)31/h3-13,23H,14-15H2,1-2H3,(H,26,30)(H,27,31). The topological polar surface area (TPSA) is 133 Å². The predicted molar refractivity (Wildman–Crippen MR) is 139 cm³/mol. The number of rotatable bonds is 8. The monoisotopic (exact) mass is 540 g/mol. The van der Waals surface area contributed by atoms with Crippen LogP contribution in [0.15, 0.2) is 70.9 Å². The van der Waals surface area contributed by atoms with Crippen LogP contribution in [0.3, 0.4) is 0 Å². The number of amides is 4. The Morgan fingerprint density at radius 2 is 1.51 bits per heavy atom. The van der Waals surface area contributed by atoms with Gasteiger partial charge >= 0.3 is 0 Å². The Bertz CT molecular complexity index is 1440. The first-order valence-electron chi connectivity index (χ1n) is 11.2. The molecule has 1 aliphatic heterocycles. The number of sulfonamides is 1. The quantitative estimate of drug-likeness (QED) is 0.422. The molecule has 0 saturated carbocycles. The van der Waals surface area contributed by atoms with Crippen molar-refractivity contribution in [3.8, 4) is 0 Å². The highest BCUT2D eigenvalue weighted by atomic mass is 32.2. The van der Waals surface area contributed by atoms with Crippen molar-refractivity contribution in [1.82, 2.24) is 4.31 Å². The summed E-state index contributed by atoms with van der Waals surface area (Å²) in [5, 5.41) is 6.99. The maximum Gasteiger partial charge on any atom is 0.252 e. The number of anilines is 3. The lowest BCUT2D eigenvalue weighted by Gasteiger charge is -2.26. The van der Waals surface area contributed by atoms with Gasteiger partial charge < -0.3 is 10.6 Å². The summed E-state index contributed by atoms with van der Waals surface area (Å²) in [5.41, 5.74) is 1.20. The number of benzene rings is 2. The second kappa shape index (κ2) is 10.6. The van der Waals surface area contributed by atoms with E-state index in [9.17, 15) is 27.6 Å². The Kier molecular flexibility index (Phi) is 7.52. The normalized spacial score (nSPS) is 15.8. The molecule has 0 bridgehead atoms. The van der Waals surface area contributed by atoms with E-state index in [4.69, 9.17) is 0 Å². The number of thiophene rings is 1. The minimum Gasteiger partial charge on any atom is -0.326 e. The van der Waals surface area contributed by atoms with E-state index in [0.29, 0.717) is 16.3 Å². The zero-order valence-corrected chi connectivity index (χ0v) is 21.6. The highest BCUT2D eigenvalue weighted by Gasteiger charge is 2.47. The molecule has 0 aliphatic carbocycles. The molecule has 4 amide bonds. The summed E-state index contributed by atoms with van der Waals surface area (Å²) in [6.45, 7) is 2.61. The fourth-order valence-corrected chi connectivity index (χ4v) is 6.32. The summed E-state index contributed by atoms with van der Waals surface area (Å²) < 4.78 is 28.5. The first kappa shape index (κ1) is 26.2. The number of nitrogens with zero attached hydrogens (tertiary/aromatic N) is 2. The minimum atomic E-state index is -4.21. The van der Waals surface area contributed by atoms with E-state index < -0.39 is 27.9 Å². The number of carbonyl (C=O) groups is 4. The van der Waals surface area contributed by atoms with Crippen molar-refractivity contribution >= 4 is 62.1 Å². The van der Waals surface area contributed by atoms with Gasteiger partial charge in [-0.25, -0.2) is 13.3 Å². The van der Waals surface area contributed by atoms with Gasteiger partial charge in [0, 0.05) is 36.6 Å². The lowest BCUT2D eigenvalue weighted by molar-refractivity contribution is -0.122. The molecule has 10 nitrogen and oxygen atoms in total. The Labute approximate surface area is 217 Å². The first-order valence-corrected chi connectivity index (χ1v) is 13.5. The summed E-state index contributed by atoms with van der Waals surface area (Å²) in [4.78, 5) is 50.6. The third-order valence-electron chi connectivity index (χ3n) is 5.59. The van der Waals surface area contributed by atoms with Crippen LogP contribution in [0.1, 0.15) is 25.1 Å². The van der Waals surface area contributed by atoms with Gasteiger partial charge in [0.25, 0.3) is 5.91 Å². The van der Waals surface area contributed by atoms with E-state index in [2.05, 4.69) is 10.6 Å². The SMILES string of the molecule is CC(=O)Nc1ccc(N2C(=O)CC(N(Cc3cccs3)S(=O)(=O)c3ccc(NC(C)=O)cc3)C2=O)cc1. The van der Waals surface area contributed by atoms with Crippen molar-refractivity contribution in [1.29, 1.82) is 0 Å². The van der Waals surface area contributed by atoms with Crippen LogP contribution in [0.4, 0.5) is 17.1 Å². The molecule has 2 aromatic carbocycles. The van der Waals surface area contributed by atoms with E-state index in [0.717, 1.165) is 9.21 Å². The second-order valence-electron chi connectivity index (χ2n) is 8.35. The first-order chi connectivity index (χ1) is 17.6. The molecule has 2 heterocycles. The average Bonchev–Trinajstić information content (AvgIpc) is 3.45. The van der Waals surface area contributed by atoms with Crippen LogP contribution >= 0.6 is 11.3 Å². The van der Waals surface area contributed by atoms with Crippen molar-refractivity contribution in [3.05, 3.63) is 70.9 Å². The lowest BCUT2D eigenvalue weighted by atomic mass is 10.2. The molecular weight excluding hydrogens is 516 g/mol. The lowest BCUT2D eigenvalue weighted by Crippen LogP contribution is -2.44. The van der Waals surface area contributed by atoms with E-state index in [-0.39, 0.29) is 35.4 Å². The average molecular weight is 541 g/mol. The van der Waals surface area contributed by atoms with E-state index in [1.807, 2.05) is 0 Å². The van der Waals surface area contributed by atoms with Crippen LogP contribution in [-0.2, 0) is 35.7 Å². The Hall–Kier alpha value is -3.87. The van der Waals surface area contributed by atoms with Gasteiger partial charge in [-0.1, -0.05) is 6.07 Å². The fourth-order valence-electron chi connectivity index (χ4n) is 3.98. The van der Waals surface area contributed by atoms with Crippen LogP contribution in [0, 0.1) is 0 Å². The van der Waals surface area contributed by atoms with Crippen LogP contribution in [0.5, 0.6) is 0 Å². The summed E-state index contributed by atoms with van der Waals surface area (Å²) in [5.74, 6) is -1.75. The van der Waals surface area contributed by atoms with Crippen LogP contribution in [0.25, 0.3) is 0 Å². The van der Waals surface area contributed by atoms with Gasteiger partial charge in [0.05, 0.1) is 17.0 Å². The molecule has 12 heteroatoms. The molecule has 1 aromatic heterocycles. The van der Waals surface area contributed by atoms with Crippen molar-refractivity contribution in [2.75, 3.05) is 15.5 Å². The zero-order valence-electron chi connectivity index (χ0n) is 20.0. The number of hydrogen-bond acceptors (Lipinski definition) is 7. The van der Waals surface area contributed by atoms with Gasteiger partial charge in [-0.15, -0.1) is 11.3 Å². The Morgan fingerprint density at radius 3 is 2.03 bits per heavy atom. The van der Waals surface area contributed by atoms with E-state index in [1.165, 1.54) is 61.6 Å². The third kappa shape index (κ3) is 5.77. The Balaban J connectivity index is 1.66. The third-order valence-corrected chi connectivity index (χ3v) is 8.32. The van der Waals surface area contributed by atoms with E-state index >= 15 is 0 Å². The fraction of sp³-hybridized carbons (Fsp3) is 0.200. The molecule has 1 atom stereocenters. The molecular formula is C25H24N4O6S2. The van der Waals surface area contributed by atoms with E-state index in [1.54, 1.807) is 29.6 Å². The zero-order chi connectivity index (χ0) is 26.7. The Morgan fingerprint density at radius 1 is 0.946 bits per heavy atom. The molecule has 1 aliphatic rings. The highest BCUT2D eigenvalue weighted by molar-refractivity contribution is 7.89. The van der Waals surface area contributed by atoms with Crippen molar-refractivity contribution in [3.63, 3.8) is 0 Å². The van der Waals surface area contributed by atoms with Gasteiger partial charge in [0.2, 0.25) is 27.7 Å². The molecule has 0 spiro atoms. The summed E-state index contributed by atoms with van der Waals surface area (Å²) in [7, 11) is -4.21. The van der Waals surface area contributed by atoms with Gasteiger partial charge in [0.1, 0.15) is 6.04 Å². The van der Waals surface area contributed by atoms with Crippen LogP contribution in [-0.4, -0.2) is 42.4 Å². The smallest absolute Gasteiger partial charge is 0.252 e. The van der Waals surface area contributed by atoms with Gasteiger partial charge in [-0.2, -0.15) is 4.31 Å². The van der Waals surface area contributed by atoms with Gasteiger partial charge in [-0.3, -0.25) is 19.2 Å². The van der Waals surface area contributed by atoms with Crippen molar-refractivity contribution in [2.24, 2.45) is 0 Å². The summed E-state index contributed by atoms with van der Waals surface area (Å²) in [6, 6.07) is 14.1. The molecule has 1 fully saturated rings. The number of carbonyl (C=O) groups excluding carboxylic acids is 4. The maximum atomic E-state index is 13.7. The van der Waals surface area contributed by atoms with Gasteiger partial charge in [-0.05, 0) is 60.0 Å². The van der Waals surface area contributed by atoms with Crippen molar-refractivity contribution in [2.45, 2.75) is 37.8 Å². The highest BCUT2D eigenvalue weighted by Crippen LogP contribution is 2.32. The molecule has 1 saturated heterocycles. The number of nitrogens with one attached hydrogen (secondary N) is 2. The largest absolute Gasteiger partial charge is 0.326 e. The molecule has 1 unspecified atom stereocenters. The molecule has 2 N–H and O–H groups in total. The second-order valence-corrected chi connectivity index (χ2v) is 11.3. The minimum absolute atomic E-state index is 0.0727. The number of imide groups is 1. The molecule has 3 aromatic rings. The molecule has 4 rings (SSSR count). The van der Waals surface area contributed by atoms with Crippen LogP contribution < -0.4 is 15.5 Å². The van der Waals surface area contributed by atoms with Gasteiger partial charge in [0.15, 0.2) is 0 Å². The molecule has 0 radical (unpaired) electrons. The summed E-state index contributed by atoms with van der Waals surface area (Å²) in [6.07, 6.45) is -0.319. The molecule has 192 valence electrons. The van der Waals surface area contributed by atoms with Crippen molar-refractivity contribution < 1.29 is 27.6 Å². The van der Waals surface area contributed by atoms with Crippen LogP contribution in [0.2, 0.25) is 0 Å².